The SMILES string of the molecule is COc1ccc(OC)c(NC(=O)c2cccc(NS(=O)(=O)c3ccccc3)c2)c1. The van der Waals surface area contributed by atoms with Crippen LogP contribution >= 0.6 is 0 Å². The molecule has 0 aliphatic heterocycles. The van der Waals surface area contributed by atoms with Gasteiger partial charge in [-0.25, -0.2) is 8.42 Å². The molecule has 0 spiro atoms. The molecule has 2 N–H and O–H groups in total. The first-order chi connectivity index (χ1) is 13.9. The van der Waals surface area contributed by atoms with E-state index in [1.807, 2.05) is 0 Å². The molecular weight excluding hydrogens is 392 g/mol. The molecular formula is C21H20N2O5S. The third-order valence-electron chi connectivity index (χ3n) is 4.09. The highest BCUT2D eigenvalue weighted by molar-refractivity contribution is 7.92. The molecule has 3 rings (SSSR count). The number of ether oxygens (including phenoxy) is 2. The van der Waals surface area contributed by atoms with Gasteiger partial charge in [-0.15, -0.1) is 0 Å². The Hall–Kier alpha value is -3.52. The van der Waals surface area contributed by atoms with Crippen molar-refractivity contribution in [1.82, 2.24) is 0 Å². The standard InChI is InChI=1S/C21H20N2O5S/c1-27-17-11-12-20(28-2)19(14-17)22-21(24)15-7-6-8-16(13-15)23-29(25,26)18-9-4-3-5-10-18/h3-14,23H,1-2H3,(H,22,24). The lowest BCUT2D eigenvalue weighted by Gasteiger charge is -2.13. The predicted molar refractivity (Wildman–Crippen MR) is 111 cm³/mol. The normalized spacial score (nSPS) is 10.8. The Bertz CT molecular complexity index is 1110. The van der Waals surface area contributed by atoms with E-state index in [2.05, 4.69) is 10.0 Å². The van der Waals surface area contributed by atoms with Gasteiger partial charge in [-0.3, -0.25) is 9.52 Å². The summed E-state index contributed by atoms with van der Waals surface area (Å²) in [6.07, 6.45) is 0. The van der Waals surface area contributed by atoms with Gasteiger partial charge in [-0.1, -0.05) is 24.3 Å². The van der Waals surface area contributed by atoms with Gasteiger partial charge in [0.1, 0.15) is 11.5 Å². The molecule has 1 amide bonds. The van der Waals surface area contributed by atoms with Crippen molar-refractivity contribution in [2.75, 3.05) is 24.3 Å². The van der Waals surface area contributed by atoms with Gasteiger partial charge in [0.2, 0.25) is 0 Å². The third-order valence-corrected chi connectivity index (χ3v) is 5.48. The fraction of sp³-hybridized carbons (Fsp3) is 0.0952. The molecule has 0 fully saturated rings. The number of amides is 1. The molecule has 0 aromatic heterocycles. The van der Waals surface area contributed by atoms with Crippen molar-refractivity contribution in [3.05, 3.63) is 78.4 Å². The van der Waals surface area contributed by atoms with Crippen LogP contribution in [-0.4, -0.2) is 28.5 Å². The summed E-state index contributed by atoms with van der Waals surface area (Å²) < 4.78 is 37.9. The van der Waals surface area contributed by atoms with Crippen molar-refractivity contribution in [2.24, 2.45) is 0 Å². The minimum absolute atomic E-state index is 0.135. The van der Waals surface area contributed by atoms with Crippen LogP contribution in [0.2, 0.25) is 0 Å². The van der Waals surface area contributed by atoms with E-state index in [0.29, 0.717) is 17.2 Å². The Balaban J connectivity index is 1.82. The summed E-state index contributed by atoms with van der Waals surface area (Å²) in [6.45, 7) is 0. The summed E-state index contributed by atoms with van der Waals surface area (Å²) in [7, 11) is -0.733. The van der Waals surface area contributed by atoms with Crippen molar-refractivity contribution in [2.45, 2.75) is 4.90 Å². The number of rotatable bonds is 7. The number of sulfonamides is 1. The third kappa shape index (κ3) is 4.85. The minimum atomic E-state index is -3.75. The molecule has 0 bridgehead atoms. The monoisotopic (exact) mass is 412 g/mol. The van der Waals surface area contributed by atoms with Crippen molar-refractivity contribution in [3.8, 4) is 11.5 Å². The quantitative estimate of drug-likeness (QED) is 0.616. The molecule has 3 aromatic rings. The number of anilines is 2. The Morgan fingerprint density at radius 3 is 2.31 bits per heavy atom. The number of hydrogen-bond donors (Lipinski definition) is 2. The fourth-order valence-corrected chi connectivity index (χ4v) is 3.71. The smallest absolute Gasteiger partial charge is 0.261 e. The molecule has 7 nitrogen and oxygen atoms in total. The van der Waals surface area contributed by atoms with Crippen molar-refractivity contribution >= 4 is 27.3 Å². The predicted octanol–water partition coefficient (Wildman–Crippen LogP) is 3.76. The molecule has 8 heteroatoms. The van der Waals surface area contributed by atoms with Gasteiger partial charge in [0, 0.05) is 17.3 Å². The summed E-state index contributed by atoms with van der Waals surface area (Å²) in [5.41, 5.74) is 0.995. The molecule has 0 atom stereocenters. The average Bonchev–Trinajstić information content (AvgIpc) is 2.74. The molecule has 150 valence electrons. The van der Waals surface area contributed by atoms with Crippen LogP contribution < -0.4 is 19.5 Å². The summed E-state index contributed by atoms with van der Waals surface area (Å²) in [6, 6.07) is 19.2. The molecule has 0 radical (unpaired) electrons. The molecule has 0 aliphatic carbocycles. The van der Waals surface area contributed by atoms with Gasteiger partial charge in [-0.05, 0) is 42.5 Å². The highest BCUT2D eigenvalue weighted by Crippen LogP contribution is 2.29. The zero-order valence-electron chi connectivity index (χ0n) is 15.9. The average molecular weight is 412 g/mol. The summed E-state index contributed by atoms with van der Waals surface area (Å²) in [5.74, 6) is 0.614. The topological polar surface area (TPSA) is 93.7 Å². The number of benzene rings is 3. The maximum absolute atomic E-state index is 12.7. The lowest BCUT2D eigenvalue weighted by atomic mass is 10.2. The number of carbonyl (C=O) groups is 1. The van der Waals surface area contributed by atoms with Crippen LogP contribution in [0.4, 0.5) is 11.4 Å². The highest BCUT2D eigenvalue weighted by atomic mass is 32.2. The van der Waals surface area contributed by atoms with E-state index in [4.69, 9.17) is 9.47 Å². The lowest BCUT2D eigenvalue weighted by molar-refractivity contribution is 0.102. The summed E-state index contributed by atoms with van der Waals surface area (Å²) in [5, 5.41) is 2.75. The van der Waals surface area contributed by atoms with E-state index >= 15 is 0 Å². The van der Waals surface area contributed by atoms with Crippen LogP contribution in [0, 0.1) is 0 Å². The van der Waals surface area contributed by atoms with Crippen molar-refractivity contribution in [3.63, 3.8) is 0 Å². The van der Waals surface area contributed by atoms with Crippen LogP contribution in [-0.2, 0) is 10.0 Å². The van der Waals surface area contributed by atoms with Crippen LogP contribution in [0.3, 0.4) is 0 Å². The Kier molecular flexibility index (Phi) is 6.04. The summed E-state index contributed by atoms with van der Waals surface area (Å²) >= 11 is 0. The van der Waals surface area contributed by atoms with Gasteiger partial charge in [0.05, 0.1) is 24.8 Å². The van der Waals surface area contributed by atoms with E-state index in [9.17, 15) is 13.2 Å². The van der Waals surface area contributed by atoms with Crippen LogP contribution in [0.5, 0.6) is 11.5 Å². The molecule has 3 aromatic carbocycles. The van der Waals surface area contributed by atoms with Crippen molar-refractivity contribution in [1.29, 1.82) is 0 Å². The van der Waals surface area contributed by atoms with E-state index in [-0.39, 0.29) is 16.1 Å². The molecule has 0 saturated heterocycles. The lowest BCUT2D eigenvalue weighted by Crippen LogP contribution is -2.15. The van der Waals surface area contributed by atoms with Gasteiger partial charge in [0.25, 0.3) is 15.9 Å². The van der Waals surface area contributed by atoms with E-state index < -0.39 is 15.9 Å². The highest BCUT2D eigenvalue weighted by Gasteiger charge is 2.15. The maximum atomic E-state index is 12.7. The molecule has 0 saturated carbocycles. The Morgan fingerprint density at radius 1 is 0.862 bits per heavy atom. The number of hydrogen-bond acceptors (Lipinski definition) is 5. The molecule has 0 unspecified atom stereocenters. The first-order valence-electron chi connectivity index (χ1n) is 8.64. The first kappa shape index (κ1) is 20.2. The minimum Gasteiger partial charge on any atom is -0.497 e. The fourth-order valence-electron chi connectivity index (χ4n) is 2.64. The van der Waals surface area contributed by atoms with Gasteiger partial charge < -0.3 is 14.8 Å². The van der Waals surface area contributed by atoms with Gasteiger partial charge in [0.15, 0.2) is 0 Å². The van der Waals surface area contributed by atoms with Gasteiger partial charge in [-0.2, -0.15) is 0 Å². The second-order valence-corrected chi connectivity index (χ2v) is 7.70. The van der Waals surface area contributed by atoms with Crippen LogP contribution in [0.25, 0.3) is 0 Å². The van der Waals surface area contributed by atoms with E-state index in [1.165, 1.54) is 32.4 Å². The second kappa shape index (κ2) is 8.66. The van der Waals surface area contributed by atoms with Crippen LogP contribution in [0.15, 0.2) is 77.7 Å². The largest absolute Gasteiger partial charge is 0.497 e. The zero-order chi connectivity index (χ0) is 20.9. The number of carbonyl (C=O) groups excluding carboxylic acids is 1. The van der Waals surface area contributed by atoms with Gasteiger partial charge >= 0.3 is 0 Å². The van der Waals surface area contributed by atoms with E-state index in [1.54, 1.807) is 54.6 Å². The van der Waals surface area contributed by atoms with Crippen LogP contribution in [0.1, 0.15) is 10.4 Å². The summed E-state index contributed by atoms with van der Waals surface area (Å²) in [4.78, 5) is 12.8. The molecule has 0 heterocycles. The number of methoxy groups -OCH3 is 2. The zero-order valence-corrected chi connectivity index (χ0v) is 16.7. The van der Waals surface area contributed by atoms with Crippen molar-refractivity contribution < 1.29 is 22.7 Å². The Labute approximate surface area is 169 Å². The number of nitrogens with one attached hydrogen (secondary N) is 2. The van der Waals surface area contributed by atoms with E-state index in [0.717, 1.165) is 0 Å². The first-order valence-corrected chi connectivity index (χ1v) is 10.1. The second-order valence-electron chi connectivity index (χ2n) is 6.02. The molecule has 29 heavy (non-hydrogen) atoms. The maximum Gasteiger partial charge on any atom is 0.261 e. The Morgan fingerprint density at radius 2 is 1.62 bits per heavy atom. The molecule has 0 aliphatic rings.